The zero-order chi connectivity index (χ0) is 14.7. The van der Waals surface area contributed by atoms with E-state index in [1.54, 1.807) is 0 Å². The van der Waals surface area contributed by atoms with Gasteiger partial charge in [-0.05, 0) is 49.4 Å². The van der Waals surface area contributed by atoms with E-state index in [0.717, 1.165) is 30.1 Å². The Labute approximate surface area is 121 Å². The zero-order valence-corrected chi connectivity index (χ0v) is 12.4. The minimum Gasteiger partial charge on any atom is -0.367 e. The Balaban J connectivity index is 2.22. The molecule has 1 heterocycles. The summed E-state index contributed by atoms with van der Waals surface area (Å²) in [4.78, 5) is 13.7. The number of hydrogen-bond donors (Lipinski definition) is 2. The van der Waals surface area contributed by atoms with Gasteiger partial charge in [0.25, 0.3) is 0 Å². The number of nitrogens with zero attached hydrogens (tertiary/aromatic N) is 1. The summed E-state index contributed by atoms with van der Waals surface area (Å²) in [6, 6.07) is 6.26. The van der Waals surface area contributed by atoms with Gasteiger partial charge < -0.3 is 16.4 Å². The van der Waals surface area contributed by atoms with Crippen molar-refractivity contribution in [2.24, 2.45) is 17.4 Å². The number of primary amides is 1. The van der Waals surface area contributed by atoms with Crippen LogP contribution in [0.3, 0.4) is 0 Å². The van der Waals surface area contributed by atoms with Crippen molar-refractivity contribution < 1.29 is 4.79 Å². The molecule has 2 unspecified atom stereocenters. The van der Waals surface area contributed by atoms with Crippen LogP contribution in [0.4, 0.5) is 5.69 Å². The standard InChI is InChI=1S/C16H25N3O/c1-3-12-6-7-19(14(9-12)10-17)13-4-5-15(16(18)20)11(2)8-13/h4-5,8,12,14H,3,6-7,9-10,17H2,1-2H3,(H2,18,20). The SMILES string of the molecule is CCC1CCN(c2ccc(C(N)=O)c(C)c2)C(CN)C1. The normalized spacial score (nSPS) is 22.9. The first-order valence-electron chi connectivity index (χ1n) is 7.44. The number of aryl methyl sites for hydroxylation is 1. The van der Waals surface area contributed by atoms with Crippen LogP contribution >= 0.6 is 0 Å². The Bertz CT molecular complexity index is 487. The molecule has 0 bridgehead atoms. The summed E-state index contributed by atoms with van der Waals surface area (Å²) in [6.45, 7) is 5.89. The summed E-state index contributed by atoms with van der Waals surface area (Å²) in [5, 5.41) is 0. The number of amides is 1. The smallest absolute Gasteiger partial charge is 0.248 e. The predicted molar refractivity (Wildman–Crippen MR) is 82.9 cm³/mol. The molecule has 2 atom stereocenters. The van der Waals surface area contributed by atoms with Crippen LogP contribution in [-0.4, -0.2) is 25.0 Å². The quantitative estimate of drug-likeness (QED) is 0.883. The average Bonchev–Trinajstić information content (AvgIpc) is 2.46. The van der Waals surface area contributed by atoms with E-state index in [-0.39, 0.29) is 5.91 Å². The molecule has 1 aliphatic heterocycles. The fourth-order valence-electron chi connectivity index (χ4n) is 3.17. The minimum absolute atomic E-state index is 0.367. The lowest BCUT2D eigenvalue weighted by Crippen LogP contribution is -2.46. The van der Waals surface area contributed by atoms with E-state index in [1.165, 1.54) is 12.8 Å². The molecule has 0 aliphatic carbocycles. The molecule has 1 aromatic rings. The van der Waals surface area contributed by atoms with Crippen LogP contribution in [-0.2, 0) is 0 Å². The molecule has 1 amide bonds. The van der Waals surface area contributed by atoms with E-state index in [9.17, 15) is 4.79 Å². The first-order valence-corrected chi connectivity index (χ1v) is 7.44. The summed E-state index contributed by atoms with van der Waals surface area (Å²) in [5.74, 6) is 0.417. The molecule has 4 heteroatoms. The number of rotatable bonds is 4. The molecule has 1 aliphatic rings. The van der Waals surface area contributed by atoms with Crippen LogP contribution in [0.1, 0.15) is 42.1 Å². The van der Waals surface area contributed by atoms with Crippen LogP contribution in [0.25, 0.3) is 0 Å². The van der Waals surface area contributed by atoms with Gasteiger partial charge in [-0.1, -0.05) is 13.3 Å². The Morgan fingerprint density at radius 1 is 1.45 bits per heavy atom. The third kappa shape index (κ3) is 2.96. The molecule has 110 valence electrons. The number of nitrogens with two attached hydrogens (primary N) is 2. The van der Waals surface area contributed by atoms with Gasteiger partial charge in [-0.2, -0.15) is 0 Å². The number of hydrogen-bond acceptors (Lipinski definition) is 3. The lowest BCUT2D eigenvalue weighted by molar-refractivity contribution is 0.0999. The van der Waals surface area contributed by atoms with E-state index in [2.05, 4.69) is 17.9 Å². The van der Waals surface area contributed by atoms with Crippen molar-refractivity contribution in [3.8, 4) is 0 Å². The number of anilines is 1. The van der Waals surface area contributed by atoms with Gasteiger partial charge in [0, 0.05) is 30.4 Å². The Morgan fingerprint density at radius 3 is 2.75 bits per heavy atom. The molecule has 0 saturated carbocycles. The van der Waals surface area contributed by atoms with Gasteiger partial charge in [0.15, 0.2) is 0 Å². The molecule has 1 aromatic carbocycles. The number of carbonyl (C=O) groups excluding carboxylic acids is 1. The van der Waals surface area contributed by atoms with Gasteiger partial charge in [0.1, 0.15) is 0 Å². The summed E-state index contributed by atoms with van der Waals surface area (Å²) in [5.41, 5.74) is 14.0. The fraction of sp³-hybridized carbons (Fsp3) is 0.562. The molecular formula is C16H25N3O. The van der Waals surface area contributed by atoms with Crippen molar-refractivity contribution >= 4 is 11.6 Å². The van der Waals surface area contributed by atoms with Crippen LogP contribution in [0.2, 0.25) is 0 Å². The third-order valence-corrected chi connectivity index (χ3v) is 4.48. The predicted octanol–water partition coefficient (Wildman–Crippen LogP) is 2.05. The maximum absolute atomic E-state index is 11.3. The molecule has 0 radical (unpaired) electrons. The lowest BCUT2D eigenvalue weighted by atomic mass is 9.88. The third-order valence-electron chi connectivity index (χ3n) is 4.48. The summed E-state index contributed by atoms with van der Waals surface area (Å²) >= 11 is 0. The van der Waals surface area contributed by atoms with E-state index in [0.29, 0.717) is 18.2 Å². The van der Waals surface area contributed by atoms with Gasteiger partial charge in [-0.3, -0.25) is 4.79 Å². The van der Waals surface area contributed by atoms with Crippen molar-refractivity contribution in [1.29, 1.82) is 0 Å². The molecule has 20 heavy (non-hydrogen) atoms. The van der Waals surface area contributed by atoms with E-state index in [4.69, 9.17) is 11.5 Å². The topological polar surface area (TPSA) is 72.3 Å². The van der Waals surface area contributed by atoms with Crippen molar-refractivity contribution in [2.75, 3.05) is 18.0 Å². The summed E-state index contributed by atoms with van der Waals surface area (Å²) in [6.07, 6.45) is 3.59. The second-order valence-corrected chi connectivity index (χ2v) is 5.75. The lowest BCUT2D eigenvalue weighted by Gasteiger charge is -2.40. The van der Waals surface area contributed by atoms with Crippen molar-refractivity contribution in [1.82, 2.24) is 0 Å². The van der Waals surface area contributed by atoms with Gasteiger partial charge in [-0.15, -0.1) is 0 Å². The Hall–Kier alpha value is -1.55. The second kappa shape index (κ2) is 6.27. The number of piperidine rings is 1. The van der Waals surface area contributed by atoms with Crippen LogP contribution in [0, 0.1) is 12.8 Å². The van der Waals surface area contributed by atoms with Crippen molar-refractivity contribution in [3.05, 3.63) is 29.3 Å². The molecular weight excluding hydrogens is 250 g/mol. The highest BCUT2D eigenvalue weighted by Crippen LogP contribution is 2.30. The minimum atomic E-state index is -0.367. The van der Waals surface area contributed by atoms with Gasteiger partial charge >= 0.3 is 0 Å². The van der Waals surface area contributed by atoms with Crippen LogP contribution in [0.15, 0.2) is 18.2 Å². The van der Waals surface area contributed by atoms with Gasteiger partial charge in [-0.25, -0.2) is 0 Å². The number of benzene rings is 1. The first-order chi connectivity index (χ1) is 9.56. The molecule has 2 rings (SSSR count). The first kappa shape index (κ1) is 14.9. The van der Waals surface area contributed by atoms with Crippen molar-refractivity contribution in [3.63, 3.8) is 0 Å². The highest BCUT2D eigenvalue weighted by Gasteiger charge is 2.27. The van der Waals surface area contributed by atoms with E-state index >= 15 is 0 Å². The zero-order valence-electron chi connectivity index (χ0n) is 12.4. The number of carbonyl (C=O) groups is 1. The Morgan fingerprint density at radius 2 is 2.20 bits per heavy atom. The summed E-state index contributed by atoms with van der Waals surface area (Å²) < 4.78 is 0. The average molecular weight is 275 g/mol. The monoisotopic (exact) mass is 275 g/mol. The second-order valence-electron chi connectivity index (χ2n) is 5.75. The molecule has 0 spiro atoms. The molecule has 4 nitrogen and oxygen atoms in total. The fourth-order valence-corrected chi connectivity index (χ4v) is 3.17. The van der Waals surface area contributed by atoms with Gasteiger partial charge in [0.2, 0.25) is 5.91 Å². The van der Waals surface area contributed by atoms with Crippen molar-refractivity contribution in [2.45, 2.75) is 39.2 Å². The Kier molecular flexibility index (Phi) is 4.65. The molecule has 1 saturated heterocycles. The summed E-state index contributed by atoms with van der Waals surface area (Å²) in [7, 11) is 0. The largest absolute Gasteiger partial charge is 0.367 e. The van der Waals surface area contributed by atoms with Gasteiger partial charge in [0.05, 0.1) is 0 Å². The maximum atomic E-state index is 11.3. The van der Waals surface area contributed by atoms with E-state index < -0.39 is 0 Å². The molecule has 4 N–H and O–H groups in total. The molecule has 1 fully saturated rings. The maximum Gasteiger partial charge on any atom is 0.248 e. The van der Waals surface area contributed by atoms with E-state index in [1.807, 2.05) is 19.1 Å². The molecule has 0 aromatic heterocycles. The highest BCUT2D eigenvalue weighted by atomic mass is 16.1. The van der Waals surface area contributed by atoms with Crippen LogP contribution in [0.5, 0.6) is 0 Å². The highest BCUT2D eigenvalue weighted by molar-refractivity contribution is 5.94. The van der Waals surface area contributed by atoms with Crippen LogP contribution < -0.4 is 16.4 Å².